The molecule has 0 atom stereocenters. The van der Waals surface area contributed by atoms with E-state index in [1.165, 1.54) is 0 Å². The van der Waals surface area contributed by atoms with Crippen LogP contribution in [0.1, 0.15) is 37.0 Å². The molecule has 0 aromatic heterocycles. The van der Waals surface area contributed by atoms with Crippen molar-refractivity contribution >= 4 is 6.29 Å². The van der Waals surface area contributed by atoms with Crippen LogP contribution in [0.25, 0.3) is 0 Å². The molecule has 86 valence electrons. The lowest BCUT2D eigenvalue weighted by Crippen LogP contribution is -2.06. The molecule has 0 saturated heterocycles. The van der Waals surface area contributed by atoms with Crippen LogP contribution >= 0.6 is 0 Å². The molecule has 0 heterocycles. The summed E-state index contributed by atoms with van der Waals surface area (Å²) < 4.78 is 11.2. The average molecular weight is 220 g/mol. The number of aldehydes is 1. The SMILES string of the molecule is CC(C)Oc1cc(C=O)cc(OC2CC2)c1. The maximum atomic E-state index is 10.8. The Bertz CT molecular complexity index is 359. The summed E-state index contributed by atoms with van der Waals surface area (Å²) in [5, 5.41) is 0. The van der Waals surface area contributed by atoms with Gasteiger partial charge in [0.15, 0.2) is 0 Å². The third-order valence-corrected chi connectivity index (χ3v) is 2.24. The lowest BCUT2D eigenvalue weighted by molar-refractivity contribution is 0.112. The van der Waals surface area contributed by atoms with Crippen molar-refractivity contribution in [3.8, 4) is 11.5 Å². The van der Waals surface area contributed by atoms with Gasteiger partial charge in [0.05, 0.1) is 12.2 Å². The van der Waals surface area contributed by atoms with Gasteiger partial charge in [0, 0.05) is 11.6 Å². The summed E-state index contributed by atoms with van der Waals surface area (Å²) in [5.41, 5.74) is 0.591. The van der Waals surface area contributed by atoms with Gasteiger partial charge in [-0.25, -0.2) is 0 Å². The van der Waals surface area contributed by atoms with E-state index in [-0.39, 0.29) is 6.10 Å². The van der Waals surface area contributed by atoms with Gasteiger partial charge in [-0.05, 0) is 38.8 Å². The Morgan fingerprint density at radius 3 is 2.50 bits per heavy atom. The minimum Gasteiger partial charge on any atom is -0.491 e. The fourth-order valence-corrected chi connectivity index (χ4v) is 1.45. The molecule has 1 aromatic rings. The van der Waals surface area contributed by atoms with E-state index in [0.717, 1.165) is 24.9 Å². The molecule has 1 saturated carbocycles. The van der Waals surface area contributed by atoms with Gasteiger partial charge >= 0.3 is 0 Å². The van der Waals surface area contributed by atoms with E-state index in [9.17, 15) is 4.79 Å². The highest BCUT2D eigenvalue weighted by Gasteiger charge is 2.23. The predicted molar refractivity (Wildman–Crippen MR) is 61.2 cm³/mol. The summed E-state index contributed by atoms with van der Waals surface area (Å²) in [4.78, 5) is 10.8. The Morgan fingerprint density at radius 1 is 1.25 bits per heavy atom. The fraction of sp³-hybridized carbons (Fsp3) is 0.462. The maximum absolute atomic E-state index is 10.8. The molecule has 1 aliphatic carbocycles. The number of ether oxygens (including phenoxy) is 2. The number of hydrogen-bond acceptors (Lipinski definition) is 3. The first-order valence-electron chi connectivity index (χ1n) is 5.61. The second kappa shape index (κ2) is 4.56. The number of benzene rings is 1. The van der Waals surface area contributed by atoms with Gasteiger partial charge in [0.2, 0.25) is 0 Å². The van der Waals surface area contributed by atoms with Crippen molar-refractivity contribution in [1.82, 2.24) is 0 Å². The van der Waals surface area contributed by atoms with Crippen molar-refractivity contribution < 1.29 is 14.3 Å². The van der Waals surface area contributed by atoms with Crippen LogP contribution in [0.3, 0.4) is 0 Å². The third-order valence-electron chi connectivity index (χ3n) is 2.24. The second-order valence-corrected chi connectivity index (χ2v) is 4.34. The molecule has 1 aliphatic rings. The van der Waals surface area contributed by atoms with Crippen LogP contribution < -0.4 is 9.47 Å². The van der Waals surface area contributed by atoms with Crippen molar-refractivity contribution in [3.63, 3.8) is 0 Å². The summed E-state index contributed by atoms with van der Waals surface area (Å²) in [5.74, 6) is 1.41. The van der Waals surface area contributed by atoms with Gasteiger partial charge < -0.3 is 9.47 Å². The molecule has 3 nitrogen and oxygen atoms in total. The van der Waals surface area contributed by atoms with Gasteiger partial charge in [-0.1, -0.05) is 0 Å². The Morgan fingerprint density at radius 2 is 1.94 bits per heavy atom. The molecule has 2 rings (SSSR count). The largest absolute Gasteiger partial charge is 0.491 e. The molecule has 1 aromatic carbocycles. The van der Waals surface area contributed by atoms with E-state index in [2.05, 4.69) is 0 Å². The Kier molecular flexibility index (Phi) is 3.13. The monoisotopic (exact) mass is 220 g/mol. The zero-order chi connectivity index (χ0) is 11.5. The molecular formula is C13H16O3. The summed E-state index contributed by atoms with van der Waals surface area (Å²) in [6.07, 6.45) is 3.44. The van der Waals surface area contributed by atoms with E-state index in [1.807, 2.05) is 19.9 Å². The first-order valence-corrected chi connectivity index (χ1v) is 5.61. The highest BCUT2D eigenvalue weighted by molar-refractivity contribution is 5.76. The Hall–Kier alpha value is -1.51. The topological polar surface area (TPSA) is 35.5 Å². The van der Waals surface area contributed by atoms with E-state index >= 15 is 0 Å². The van der Waals surface area contributed by atoms with E-state index in [0.29, 0.717) is 17.4 Å². The predicted octanol–water partition coefficient (Wildman–Crippen LogP) is 2.83. The van der Waals surface area contributed by atoms with E-state index < -0.39 is 0 Å². The van der Waals surface area contributed by atoms with Gasteiger partial charge in [0.1, 0.15) is 17.8 Å². The molecule has 0 N–H and O–H groups in total. The quantitative estimate of drug-likeness (QED) is 0.716. The van der Waals surface area contributed by atoms with Crippen molar-refractivity contribution in [2.24, 2.45) is 0 Å². The number of carbonyl (C=O) groups excluding carboxylic acids is 1. The van der Waals surface area contributed by atoms with Gasteiger partial charge in [-0.15, -0.1) is 0 Å². The van der Waals surface area contributed by atoms with Crippen molar-refractivity contribution in [1.29, 1.82) is 0 Å². The molecule has 0 spiro atoms. The molecule has 0 bridgehead atoms. The summed E-state index contributed by atoms with van der Waals surface area (Å²) in [6, 6.07) is 5.32. The minimum absolute atomic E-state index is 0.0932. The lowest BCUT2D eigenvalue weighted by Gasteiger charge is -2.12. The zero-order valence-electron chi connectivity index (χ0n) is 9.60. The highest BCUT2D eigenvalue weighted by Crippen LogP contribution is 2.30. The lowest BCUT2D eigenvalue weighted by atomic mass is 10.2. The summed E-state index contributed by atoms with van der Waals surface area (Å²) in [7, 11) is 0. The standard InChI is InChI=1S/C13H16O3/c1-9(2)15-12-5-10(8-14)6-13(7-12)16-11-3-4-11/h5-9,11H,3-4H2,1-2H3. The molecule has 16 heavy (non-hydrogen) atoms. The third kappa shape index (κ3) is 2.99. The van der Waals surface area contributed by atoms with Gasteiger partial charge in [-0.3, -0.25) is 4.79 Å². The molecule has 0 unspecified atom stereocenters. The van der Waals surface area contributed by atoms with E-state index in [1.54, 1.807) is 12.1 Å². The fourth-order valence-electron chi connectivity index (χ4n) is 1.45. The summed E-state index contributed by atoms with van der Waals surface area (Å²) in [6.45, 7) is 3.91. The van der Waals surface area contributed by atoms with E-state index in [4.69, 9.17) is 9.47 Å². The number of carbonyl (C=O) groups is 1. The van der Waals surface area contributed by atoms with Crippen LogP contribution in [0.5, 0.6) is 11.5 Å². The molecule has 0 amide bonds. The second-order valence-electron chi connectivity index (χ2n) is 4.34. The average Bonchev–Trinajstić information content (AvgIpc) is 3.00. The van der Waals surface area contributed by atoms with Gasteiger partial charge in [0.25, 0.3) is 0 Å². The van der Waals surface area contributed by atoms with Crippen molar-refractivity contribution in [3.05, 3.63) is 23.8 Å². The van der Waals surface area contributed by atoms with Crippen LogP contribution in [-0.2, 0) is 0 Å². The smallest absolute Gasteiger partial charge is 0.150 e. The molecule has 0 aliphatic heterocycles. The number of rotatable bonds is 5. The Labute approximate surface area is 95.4 Å². The molecule has 3 heteroatoms. The van der Waals surface area contributed by atoms with Crippen LogP contribution in [0.4, 0.5) is 0 Å². The Balaban J connectivity index is 2.18. The molecular weight excluding hydrogens is 204 g/mol. The maximum Gasteiger partial charge on any atom is 0.150 e. The van der Waals surface area contributed by atoms with Crippen LogP contribution in [0, 0.1) is 0 Å². The molecule has 0 radical (unpaired) electrons. The van der Waals surface area contributed by atoms with Crippen molar-refractivity contribution in [2.75, 3.05) is 0 Å². The van der Waals surface area contributed by atoms with Gasteiger partial charge in [-0.2, -0.15) is 0 Å². The zero-order valence-corrected chi connectivity index (χ0v) is 9.60. The van der Waals surface area contributed by atoms with Crippen molar-refractivity contribution in [2.45, 2.75) is 38.9 Å². The van der Waals surface area contributed by atoms with Crippen LogP contribution in [0.2, 0.25) is 0 Å². The minimum atomic E-state index is 0.0932. The molecule has 1 fully saturated rings. The number of hydrogen-bond donors (Lipinski definition) is 0. The summed E-state index contributed by atoms with van der Waals surface area (Å²) >= 11 is 0. The highest BCUT2D eigenvalue weighted by atomic mass is 16.5. The van der Waals surface area contributed by atoms with Crippen LogP contribution in [0.15, 0.2) is 18.2 Å². The van der Waals surface area contributed by atoms with Crippen LogP contribution in [-0.4, -0.2) is 18.5 Å². The first-order chi connectivity index (χ1) is 7.67. The first kappa shape index (κ1) is 11.0. The normalized spacial score (nSPS) is 14.9.